The van der Waals surface area contributed by atoms with E-state index in [2.05, 4.69) is 30.6 Å². The summed E-state index contributed by atoms with van der Waals surface area (Å²) in [4.78, 5) is 17.5. The number of fused-ring (bicyclic) bond motifs is 1. The summed E-state index contributed by atoms with van der Waals surface area (Å²) in [5, 5.41) is 7.53. The number of rotatable bonds is 9. The molecule has 0 aliphatic heterocycles. The fraction of sp³-hybridized carbons (Fsp3) is 0.0667. The van der Waals surface area contributed by atoms with Crippen molar-refractivity contribution >= 4 is 28.1 Å². The minimum atomic E-state index is 0.522. The minimum absolute atomic E-state index is 0.522. The van der Waals surface area contributed by atoms with Crippen LogP contribution in [0.3, 0.4) is 0 Å². The molecule has 186 valence electrons. The molecule has 0 aliphatic carbocycles. The van der Waals surface area contributed by atoms with Crippen LogP contribution in [0, 0.1) is 0 Å². The first-order chi connectivity index (χ1) is 18.8. The molecule has 0 amide bonds. The molecule has 8 heteroatoms. The van der Waals surface area contributed by atoms with E-state index in [4.69, 9.17) is 9.15 Å². The zero-order valence-electron chi connectivity index (χ0n) is 20.4. The van der Waals surface area contributed by atoms with E-state index in [9.17, 15) is 0 Å². The van der Waals surface area contributed by atoms with E-state index in [0.717, 1.165) is 39.4 Å². The van der Waals surface area contributed by atoms with E-state index >= 15 is 0 Å². The van der Waals surface area contributed by atoms with Crippen LogP contribution >= 0.6 is 0 Å². The summed E-state index contributed by atoms with van der Waals surface area (Å²) in [6, 6.07) is 27.5. The lowest BCUT2D eigenvalue weighted by Gasteiger charge is -2.10. The Labute approximate surface area is 219 Å². The van der Waals surface area contributed by atoms with Gasteiger partial charge in [-0.1, -0.05) is 30.3 Å². The minimum Gasteiger partial charge on any atom is -0.489 e. The summed E-state index contributed by atoms with van der Waals surface area (Å²) >= 11 is 0. The van der Waals surface area contributed by atoms with E-state index in [1.807, 2.05) is 84.9 Å². The van der Waals surface area contributed by atoms with Gasteiger partial charge < -0.3 is 19.8 Å². The largest absolute Gasteiger partial charge is 0.489 e. The van der Waals surface area contributed by atoms with Crippen LogP contribution in [0.5, 0.6) is 5.75 Å². The molecule has 2 N–H and O–H groups in total. The second kappa shape index (κ2) is 10.8. The van der Waals surface area contributed by atoms with Crippen molar-refractivity contribution in [1.82, 2.24) is 19.9 Å². The van der Waals surface area contributed by atoms with Gasteiger partial charge in [-0.15, -0.1) is 0 Å². The molecule has 0 saturated carbocycles. The number of aromatic nitrogens is 4. The SMILES string of the molecule is c1ccc(COc2ccc(Nc3ncnc4cnc(-c5ccc(CNc6cccnc6)o5)cc34)cc2)cc1. The maximum atomic E-state index is 6.05. The zero-order valence-corrected chi connectivity index (χ0v) is 20.4. The van der Waals surface area contributed by atoms with Crippen LogP contribution in [0.4, 0.5) is 17.2 Å². The van der Waals surface area contributed by atoms with E-state index in [1.165, 1.54) is 6.33 Å². The first-order valence-corrected chi connectivity index (χ1v) is 12.2. The van der Waals surface area contributed by atoms with Gasteiger partial charge in [-0.25, -0.2) is 9.97 Å². The van der Waals surface area contributed by atoms with E-state index in [1.54, 1.807) is 18.6 Å². The normalized spacial score (nSPS) is 10.8. The van der Waals surface area contributed by atoms with Crippen molar-refractivity contribution in [2.75, 3.05) is 10.6 Å². The highest BCUT2D eigenvalue weighted by molar-refractivity contribution is 5.92. The average Bonchev–Trinajstić information content (AvgIpc) is 3.46. The molecule has 6 rings (SSSR count). The number of nitrogens with zero attached hydrogens (tertiary/aromatic N) is 4. The Hall–Kier alpha value is -5.24. The van der Waals surface area contributed by atoms with Gasteiger partial charge in [0.05, 0.1) is 23.9 Å². The Morgan fingerprint density at radius 3 is 2.53 bits per heavy atom. The van der Waals surface area contributed by atoms with Gasteiger partial charge >= 0.3 is 0 Å². The fourth-order valence-electron chi connectivity index (χ4n) is 3.97. The number of hydrogen-bond acceptors (Lipinski definition) is 8. The van der Waals surface area contributed by atoms with Crippen LogP contribution < -0.4 is 15.4 Å². The summed E-state index contributed by atoms with van der Waals surface area (Å²) in [6.45, 7) is 1.06. The van der Waals surface area contributed by atoms with Crippen molar-refractivity contribution in [2.45, 2.75) is 13.2 Å². The number of nitrogens with one attached hydrogen (secondary N) is 2. The van der Waals surface area contributed by atoms with E-state index in [-0.39, 0.29) is 0 Å². The quantitative estimate of drug-likeness (QED) is 0.229. The van der Waals surface area contributed by atoms with Crippen molar-refractivity contribution in [3.05, 3.63) is 121 Å². The van der Waals surface area contributed by atoms with Crippen molar-refractivity contribution in [3.8, 4) is 17.2 Å². The topological polar surface area (TPSA) is 98.0 Å². The second-order valence-electron chi connectivity index (χ2n) is 8.59. The predicted octanol–water partition coefficient (Wildman–Crippen LogP) is 6.61. The standard InChI is InChI=1S/C30H24N6O2/c1-2-5-21(6-3-1)19-37-24-10-8-22(9-11-24)36-30-26-15-27(33-18-28(26)34-20-35-30)29-13-12-25(38-29)17-32-23-7-4-14-31-16-23/h1-16,18,20,32H,17,19H2,(H,34,35,36). The molecule has 0 saturated heterocycles. The van der Waals surface area contributed by atoms with Crippen LogP contribution in [0.2, 0.25) is 0 Å². The molecule has 0 unspecified atom stereocenters. The smallest absolute Gasteiger partial charge is 0.152 e. The van der Waals surface area contributed by atoms with Crippen LogP contribution in [-0.4, -0.2) is 19.9 Å². The molecule has 0 bridgehead atoms. The lowest BCUT2D eigenvalue weighted by Crippen LogP contribution is -1.98. The van der Waals surface area contributed by atoms with E-state index < -0.39 is 0 Å². The Bertz CT molecular complexity index is 1640. The highest BCUT2D eigenvalue weighted by atomic mass is 16.5. The lowest BCUT2D eigenvalue weighted by atomic mass is 10.2. The molecule has 6 aromatic rings. The third-order valence-electron chi connectivity index (χ3n) is 5.93. The summed E-state index contributed by atoms with van der Waals surface area (Å²) in [5.74, 6) is 2.94. The maximum absolute atomic E-state index is 6.05. The van der Waals surface area contributed by atoms with E-state index in [0.29, 0.717) is 30.4 Å². The highest BCUT2D eigenvalue weighted by Gasteiger charge is 2.11. The Morgan fingerprint density at radius 2 is 1.68 bits per heavy atom. The third kappa shape index (κ3) is 5.44. The molecule has 0 radical (unpaired) electrons. The number of furan rings is 1. The van der Waals surface area contributed by atoms with Crippen LogP contribution in [0.25, 0.3) is 22.4 Å². The van der Waals surface area contributed by atoms with Crippen LogP contribution in [0.1, 0.15) is 11.3 Å². The van der Waals surface area contributed by atoms with Crippen LogP contribution in [-0.2, 0) is 13.2 Å². The summed E-state index contributed by atoms with van der Waals surface area (Å²) in [7, 11) is 0. The average molecular weight is 501 g/mol. The number of anilines is 3. The second-order valence-corrected chi connectivity index (χ2v) is 8.59. The summed E-state index contributed by atoms with van der Waals surface area (Å²) < 4.78 is 11.9. The number of ether oxygens (including phenoxy) is 1. The molecule has 4 aromatic heterocycles. The van der Waals surface area contributed by atoms with Gasteiger partial charge in [-0.05, 0) is 60.2 Å². The molecule has 0 spiro atoms. The first-order valence-electron chi connectivity index (χ1n) is 12.2. The highest BCUT2D eigenvalue weighted by Crippen LogP contribution is 2.28. The summed E-state index contributed by atoms with van der Waals surface area (Å²) in [6.07, 6.45) is 6.77. The van der Waals surface area contributed by atoms with Crippen molar-refractivity contribution in [2.24, 2.45) is 0 Å². The van der Waals surface area contributed by atoms with Crippen molar-refractivity contribution < 1.29 is 9.15 Å². The predicted molar refractivity (Wildman–Crippen MR) is 147 cm³/mol. The fourth-order valence-corrected chi connectivity index (χ4v) is 3.97. The molecule has 0 aliphatic rings. The molecular weight excluding hydrogens is 476 g/mol. The third-order valence-corrected chi connectivity index (χ3v) is 5.93. The van der Waals surface area contributed by atoms with Gasteiger partial charge in [0.15, 0.2) is 5.76 Å². The zero-order chi connectivity index (χ0) is 25.6. The van der Waals surface area contributed by atoms with Gasteiger partial charge in [0.25, 0.3) is 0 Å². The van der Waals surface area contributed by atoms with Gasteiger partial charge in [0.1, 0.15) is 36.0 Å². The molecule has 8 nitrogen and oxygen atoms in total. The number of benzene rings is 2. The monoisotopic (exact) mass is 500 g/mol. The molecular formula is C30H24N6O2. The van der Waals surface area contributed by atoms with Crippen LogP contribution in [0.15, 0.2) is 114 Å². The van der Waals surface area contributed by atoms with Gasteiger partial charge in [0, 0.05) is 23.5 Å². The maximum Gasteiger partial charge on any atom is 0.152 e. The Balaban J connectivity index is 1.16. The molecule has 38 heavy (non-hydrogen) atoms. The summed E-state index contributed by atoms with van der Waals surface area (Å²) in [5.41, 5.74) is 4.38. The number of pyridine rings is 2. The number of hydrogen-bond donors (Lipinski definition) is 2. The Morgan fingerprint density at radius 1 is 0.789 bits per heavy atom. The Kier molecular flexibility index (Phi) is 6.58. The first kappa shape index (κ1) is 23.2. The van der Waals surface area contributed by atoms with Gasteiger partial charge in [-0.2, -0.15) is 0 Å². The molecule has 0 fully saturated rings. The molecule has 0 atom stereocenters. The lowest BCUT2D eigenvalue weighted by molar-refractivity contribution is 0.306. The van der Waals surface area contributed by atoms with Crippen molar-refractivity contribution in [1.29, 1.82) is 0 Å². The van der Waals surface area contributed by atoms with Gasteiger partial charge in [0.2, 0.25) is 0 Å². The molecule has 2 aromatic carbocycles. The molecule has 4 heterocycles. The van der Waals surface area contributed by atoms with Gasteiger partial charge in [-0.3, -0.25) is 9.97 Å². The van der Waals surface area contributed by atoms with Crippen molar-refractivity contribution in [3.63, 3.8) is 0 Å².